The molecule has 6 nitrogen and oxygen atoms in total. The third-order valence-corrected chi connectivity index (χ3v) is 3.41. The fourth-order valence-electron chi connectivity index (χ4n) is 2.59. The van der Waals surface area contributed by atoms with Crippen molar-refractivity contribution in [2.45, 2.75) is 40.2 Å². The van der Waals surface area contributed by atoms with Gasteiger partial charge in [-0.3, -0.25) is 0 Å². The molecule has 0 aromatic carbocycles. The first-order valence-corrected chi connectivity index (χ1v) is 7.16. The Hall–Kier alpha value is -1.56. The van der Waals surface area contributed by atoms with Crippen LogP contribution < -0.4 is 21.7 Å². The minimum absolute atomic E-state index is 0.127. The summed E-state index contributed by atoms with van der Waals surface area (Å²) in [6.45, 7) is 11.5. The van der Waals surface area contributed by atoms with E-state index in [2.05, 4.69) is 47.9 Å². The van der Waals surface area contributed by atoms with Crippen LogP contribution in [-0.2, 0) is 6.42 Å². The molecule has 1 fully saturated rings. The zero-order valence-corrected chi connectivity index (χ0v) is 12.9. The Morgan fingerprint density at radius 3 is 2.60 bits per heavy atom. The molecule has 0 radical (unpaired) electrons. The van der Waals surface area contributed by atoms with Gasteiger partial charge >= 0.3 is 0 Å². The van der Waals surface area contributed by atoms with Crippen LogP contribution >= 0.6 is 0 Å². The monoisotopic (exact) mass is 278 g/mol. The van der Waals surface area contributed by atoms with Crippen molar-refractivity contribution in [3.63, 3.8) is 0 Å². The van der Waals surface area contributed by atoms with E-state index in [-0.39, 0.29) is 11.4 Å². The van der Waals surface area contributed by atoms with Crippen molar-refractivity contribution in [3.8, 4) is 0 Å². The molecule has 1 aromatic rings. The zero-order valence-electron chi connectivity index (χ0n) is 12.9. The maximum atomic E-state index is 6.10. The summed E-state index contributed by atoms with van der Waals surface area (Å²) >= 11 is 0. The maximum absolute atomic E-state index is 6.10. The lowest BCUT2D eigenvalue weighted by Crippen LogP contribution is -2.50. The van der Waals surface area contributed by atoms with Crippen LogP contribution in [0.4, 0.5) is 17.6 Å². The van der Waals surface area contributed by atoms with Gasteiger partial charge in [0.1, 0.15) is 11.6 Å². The predicted octanol–water partition coefficient (Wildman–Crippen LogP) is 1.03. The molecule has 2 heterocycles. The number of nitrogens with one attached hydrogen (secondary N) is 1. The number of nitrogens with zero attached hydrogens (tertiary/aromatic N) is 3. The van der Waals surface area contributed by atoms with Crippen LogP contribution in [0, 0.1) is 5.41 Å². The number of nitrogens with two attached hydrogens (primary N) is 2. The standard InChI is InChI=1S/C14H26N6/c1-9-8-20(6-5-17-9)12-10(7-14(2,3)4)11(15)18-13(16)19-12/h9,17H,5-8H2,1-4H3,(H4,15,16,18,19). The molecule has 1 atom stereocenters. The van der Waals surface area contributed by atoms with E-state index in [1.54, 1.807) is 0 Å². The van der Waals surface area contributed by atoms with Gasteiger partial charge in [0.2, 0.25) is 5.95 Å². The Morgan fingerprint density at radius 2 is 2.00 bits per heavy atom. The summed E-state index contributed by atoms with van der Waals surface area (Å²) < 4.78 is 0. The van der Waals surface area contributed by atoms with Crippen molar-refractivity contribution < 1.29 is 0 Å². The van der Waals surface area contributed by atoms with Crippen molar-refractivity contribution in [1.82, 2.24) is 15.3 Å². The molecular formula is C14H26N6. The minimum Gasteiger partial charge on any atom is -0.383 e. The first-order chi connectivity index (χ1) is 9.26. The summed E-state index contributed by atoms with van der Waals surface area (Å²) in [5.74, 6) is 1.66. The molecule has 1 aliphatic heterocycles. The van der Waals surface area contributed by atoms with Crippen LogP contribution in [0.25, 0.3) is 0 Å². The molecule has 0 amide bonds. The average molecular weight is 278 g/mol. The van der Waals surface area contributed by atoms with E-state index in [0.717, 1.165) is 37.4 Å². The summed E-state index contributed by atoms with van der Waals surface area (Å²) in [6, 6.07) is 0.434. The molecule has 20 heavy (non-hydrogen) atoms. The third kappa shape index (κ3) is 3.50. The summed E-state index contributed by atoms with van der Waals surface area (Å²) in [5, 5.41) is 3.43. The summed E-state index contributed by atoms with van der Waals surface area (Å²) in [5.41, 5.74) is 13.0. The highest BCUT2D eigenvalue weighted by Gasteiger charge is 2.25. The van der Waals surface area contributed by atoms with Crippen molar-refractivity contribution in [2.24, 2.45) is 5.41 Å². The second-order valence-corrected chi connectivity index (χ2v) is 6.81. The molecule has 6 heteroatoms. The molecule has 5 N–H and O–H groups in total. The Labute approximate surface area is 121 Å². The number of aromatic nitrogens is 2. The van der Waals surface area contributed by atoms with Gasteiger partial charge in [0.25, 0.3) is 0 Å². The summed E-state index contributed by atoms with van der Waals surface area (Å²) in [6.07, 6.45) is 0.840. The third-order valence-electron chi connectivity index (χ3n) is 3.41. The van der Waals surface area contributed by atoms with Gasteiger partial charge in [-0.25, -0.2) is 0 Å². The van der Waals surface area contributed by atoms with E-state index < -0.39 is 0 Å². The van der Waals surface area contributed by atoms with E-state index in [4.69, 9.17) is 11.5 Å². The van der Waals surface area contributed by atoms with E-state index in [1.807, 2.05) is 0 Å². The highest BCUT2D eigenvalue weighted by Crippen LogP contribution is 2.31. The quantitative estimate of drug-likeness (QED) is 0.748. The molecule has 1 aliphatic rings. The molecule has 1 aromatic heterocycles. The van der Waals surface area contributed by atoms with Gasteiger partial charge in [0.15, 0.2) is 0 Å². The SMILES string of the molecule is CC1CN(c2nc(N)nc(N)c2CC(C)(C)C)CCN1. The van der Waals surface area contributed by atoms with Crippen molar-refractivity contribution in [3.05, 3.63) is 5.56 Å². The fraction of sp³-hybridized carbons (Fsp3) is 0.714. The molecule has 0 bridgehead atoms. The van der Waals surface area contributed by atoms with Gasteiger partial charge in [0, 0.05) is 31.2 Å². The second-order valence-electron chi connectivity index (χ2n) is 6.81. The highest BCUT2D eigenvalue weighted by molar-refractivity contribution is 5.60. The van der Waals surface area contributed by atoms with E-state index in [0.29, 0.717) is 11.9 Å². The Bertz CT molecular complexity index is 479. The molecule has 1 saturated heterocycles. The topological polar surface area (TPSA) is 93.1 Å². The molecule has 2 rings (SSSR count). The van der Waals surface area contributed by atoms with Crippen molar-refractivity contribution >= 4 is 17.6 Å². The molecular weight excluding hydrogens is 252 g/mol. The number of anilines is 3. The first-order valence-electron chi connectivity index (χ1n) is 7.16. The van der Waals surface area contributed by atoms with Gasteiger partial charge in [0.05, 0.1) is 0 Å². The Balaban J connectivity index is 2.39. The predicted molar refractivity (Wildman–Crippen MR) is 83.7 cm³/mol. The van der Waals surface area contributed by atoms with Gasteiger partial charge in [-0.2, -0.15) is 9.97 Å². The Morgan fingerprint density at radius 1 is 1.30 bits per heavy atom. The molecule has 0 aliphatic carbocycles. The lowest BCUT2D eigenvalue weighted by atomic mass is 9.88. The molecule has 0 saturated carbocycles. The van der Waals surface area contributed by atoms with Gasteiger partial charge in [-0.1, -0.05) is 20.8 Å². The van der Waals surface area contributed by atoms with E-state index in [9.17, 15) is 0 Å². The summed E-state index contributed by atoms with van der Waals surface area (Å²) in [4.78, 5) is 10.9. The van der Waals surface area contributed by atoms with Crippen molar-refractivity contribution in [2.75, 3.05) is 36.0 Å². The van der Waals surface area contributed by atoms with Crippen LogP contribution in [0.5, 0.6) is 0 Å². The van der Waals surface area contributed by atoms with E-state index >= 15 is 0 Å². The first kappa shape index (κ1) is 14.8. The van der Waals surface area contributed by atoms with Crippen LogP contribution in [0.3, 0.4) is 0 Å². The molecule has 1 unspecified atom stereocenters. The van der Waals surface area contributed by atoms with Crippen LogP contribution in [0.1, 0.15) is 33.3 Å². The number of rotatable bonds is 2. The van der Waals surface area contributed by atoms with Gasteiger partial charge < -0.3 is 21.7 Å². The highest BCUT2D eigenvalue weighted by atomic mass is 15.3. The summed E-state index contributed by atoms with van der Waals surface area (Å²) in [7, 11) is 0. The fourth-order valence-corrected chi connectivity index (χ4v) is 2.59. The maximum Gasteiger partial charge on any atom is 0.223 e. The lowest BCUT2D eigenvalue weighted by molar-refractivity contribution is 0.409. The minimum atomic E-state index is 0.127. The van der Waals surface area contributed by atoms with Crippen LogP contribution in [-0.4, -0.2) is 35.6 Å². The molecule has 112 valence electrons. The Kier molecular flexibility index (Phi) is 4.04. The van der Waals surface area contributed by atoms with Gasteiger partial charge in [-0.15, -0.1) is 0 Å². The van der Waals surface area contributed by atoms with Crippen molar-refractivity contribution in [1.29, 1.82) is 0 Å². The van der Waals surface area contributed by atoms with E-state index in [1.165, 1.54) is 0 Å². The van der Waals surface area contributed by atoms with Crippen LogP contribution in [0.2, 0.25) is 0 Å². The zero-order chi connectivity index (χ0) is 14.9. The number of hydrogen-bond donors (Lipinski definition) is 3. The number of piperazine rings is 1. The normalized spacial score (nSPS) is 20.2. The second kappa shape index (κ2) is 5.44. The van der Waals surface area contributed by atoms with Gasteiger partial charge in [-0.05, 0) is 18.8 Å². The number of nitrogen functional groups attached to an aromatic ring is 2. The lowest BCUT2D eigenvalue weighted by Gasteiger charge is -2.35. The smallest absolute Gasteiger partial charge is 0.223 e. The largest absolute Gasteiger partial charge is 0.383 e. The molecule has 0 spiro atoms. The van der Waals surface area contributed by atoms with Crippen LogP contribution in [0.15, 0.2) is 0 Å². The average Bonchev–Trinajstić information content (AvgIpc) is 2.31. The number of hydrogen-bond acceptors (Lipinski definition) is 6.